The molecule has 1 aliphatic carbocycles. The first kappa shape index (κ1) is 11.9. The van der Waals surface area contributed by atoms with Crippen LogP contribution in [0.5, 0.6) is 0 Å². The quantitative estimate of drug-likeness (QED) is 0.717. The van der Waals surface area contributed by atoms with Crippen LogP contribution in [0.1, 0.15) is 52.9 Å². The fourth-order valence-corrected chi connectivity index (χ4v) is 2.62. The molecule has 0 atom stereocenters. The molecular formula is C11H21NOS. The predicted molar refractivity (Wildman–Crippen MR) is 62.1 cm³/mol. The van der Waals surface area contributed by atoms with Gasteiger partial charge < -0.3 is 0 Å². The molecule has 1 aliphatic rings. The van der Waals surface area contributed by atoms with Crippen LogP contribution in [0.2, 0.25) is 0 Å². The molecule has 0 heterocycles. The van der Waals surface area contributed by atoms with Crippen molar-refractivity contribution in [3.63, 3.8) is 0 Å². The highest BCUT2D eigenvalue weighted by molar-refractivity contribution is 7.98. The molecule has 2 nitrogen and oxygen atoms in total. The van der Waals surface area contributed by atoms with Gasteiger partial charge in [-0.15, -0.1) is 0 Å². The molecule has 0 radical (unpaired) electrons. The van der Waals surface area contributed by atoms with E-state index in [0.29, 0.717) is 5.25 Å². The van der Waals surface area contributed by atoms with Gasteiger partial charge >= 0.3 is 0 Å². The van der Waals surface area contributed by atoms with Gasteiger partial charge in [0.15, 0.2) is 0 Å². The molecule has 0 saturated heterocycles. The largest absolute Gasteiger partial charge is 0.299 e. The lowest BCUT2D eigenvalue weighted by Gasteiger charge is -2.23. The molecule has 3 heteroatoms. The van der Waals surface area contributed by atoms with E-state index in [9.17, 15) is 4.79 Å². The number of hydrogen-bond donors (Lipinski definition) is 1. The van der Waals surface area contributed by atoms with Gasteiger partial charge in [-0.25, -0.2) is 0 Å². The van der Waals surface area contributed by atoms with Gasteiger partial charge in [0.1, 0.15) is 0 Å². The Hall–Kier alpha value is -0.180. The highest BCUT2D eigenvalue weighted by Gasteiger charge is 2.23. The van der Waals surface area contributed by atoms with Crippen molar-refractivity contribution in [3.8, 4) is 0 Å². The number of carbonyl (C=O) groups excluding carboxylic acids is 1. The van der Waals surface area contributed by atoms with E-state index in [1.54, 1.807) is 11.9 Å². The fourth-order valence-electron chi connectivity index (χ4n) is 1.47. The molecule has 82 valence electrons. The molecule has 1 rings (SSSR count). The first-order chi connectivity index (χ1) is 6.50. The molecule has 0 aromatic heterocycles. The smallest absolute Gasteiger partial charge is 0.235 e. The van der Waals surface area contributed by atoms with Gasteiger partial charge in [0.25, 0.3) is 0 Å². The number of nitrogens with one attached hydrogen (secondary N) is 1. The highest BCUT2D eigenvalue weighted by Crippen LogP contribution is 2.27. The van der Waals surface area contributed by atoms with Crippen molar-refractivity contribution in [1.82, 2.24) is 4.72 Å². The summed E-state index contributed by atoms with van der Waals surface area (Å²) in [6.45, 7) is 5.84. The van der Waals surface area contributed by atoms with E-state index in [4.69, 9.17) is 0 Å². The summed E-state index contributed by atoms with van der Waals surface area (Å²) in [5.41, 5.74) is -0.262. The second kappa shape index (κ2) is 5.06. The van der Waals surface area contributed by atoms with Crippen molar-refractivity contribution in [2.45, 2.75) is 58.1 Å². The number of hydrogen-bond acceptors (Lipinski definition) is 2. The predicted octanol–water partition coefficient (Wildman–Crippen LogP) is 3.13. The molecule has 0 unspecified atom stereocenters. The van der Waals surface area contributed by atoms with Crippen LogP contribution in [0.25, 0.3) is 0 Å². The maximum Gasteiger partial charge on any atom is 0.235 e. The van der Waals surface area contributed by atoms with Crippen LogP contribution in [0.15, 0.2) is 0 Å². The van der Waals surface area contributed by atoms with Crippen molar-refractivity contribution < 1.29 is 4.79 Å². The average molecular weight is 215 g/mol. The summed E-state index contributed by atoms with van der Waals surface area (Å²) in [6, 6.07) is 0. The third-order valence-corrected chi connectivity index (χ3v) is 3.66. The van der Waals surface area contributed by atoms with Crippen molar-refractivity contribution in [3.05, 3.63) is 0 Å². The van der Waals surface area contributed by atoms with E-state index in [1.807, 2.05) is 20.8 Å². The van der Waals surface area contributed by atoms with Crippen molar-refractivity contribution in [2.24, 2.45) is 5.41 Å². The lowest BCUT2D eigenvalue weighted by Crippen LogP contribution is -2.32. The molecule has 1 amide bonds. The van der Waals surface area contributed by atoms with Gasteiger partial charge in [0.2, 0.25) is 5.91 Å². The zero-order valence-electron chi connectivity index (χ0n) is 9.43. The monoisotopic (exact) mass is 215 g/mol. The second-order valence-electron chi connectivity index (χ2n) is 5.06. The Kier molecular flexibility index (Phi) is 4.30. The molecule has 1 fully saturated rings. The molecule has 1 saturated carbocycles. The molecule has 0 aliphatic heterocycles. The van der Waals surface area contributed by atoms with Crippen LogP contribution in [0, 0.1) is 5.41 Å². The summed E-state index contributed by atoms with van der Waals surface area (Å²) in [5.74, 6) is 0.146. The third-order valence-electron chi connectivity index (χ3n) is 2.55. The third kappa shape index (κ3) is 3.91. The Morgan fingerprint density at radius 2 is 1.79 bits per heavy atom. The molecule has 1 N–H and O–H groups in total. The number of rotatable bonds is 2. The van der Waals surface area contributed by atoms with Crippen LogP contribution >= 0.6 is 11.9 Å². The summed E-state index contributed by atoms with van der Waals surface area (Å²) in [5, 5.41) is 0.648. The Morgan fingerprint density at radius 1 is 1.21 bits per heavy atom. The maximum atomic E-state index is 11.6. The van der Waals surface area contributed by atoms with Gasteiger partial charge in [-0.1, -0.05) is 40.0 Å². The van der Waals surface area contributed by atoms with Crippen molar-refractivity contribution in [2.75, 3.05) is 0 Å². The maximum absolute atomic E-state index is 11.6. The zero-order valence-corrected chi connectivity index (χ0v) is 10.2. The number of amides is 1. The normalized spacial score (nSPS) is 19.4. The van der Waals surface area contributed by atoms with E-state index in [0.717, 1.165) is 0 Å². The Balaban J connectivity index is 2.22. The van der Waals surface area contributed by atoms with Crippen LogP contribution < -0.4 is 4.72 Å². The van der Waals surface area contributed by atoms with Crippen LogP contribution in [-0.4, -0.2) is 11.2 Å². The summed E-state index contributed by atoms with van der Waals surface area (Å²) in [6.07, 6.45) is 6.53. The Labute approximate surface area is 91.4 Å². The second-order valence-corrected chi connectivity index (χ2v) is 6.17. The highest BCUT2D eigenvalue weighted by atomic mass is 32.2. The molecule has 0 bridgehead atoms. The van der Waals surface area contributed by atoms with E-state index in [-0.39, 0.29) is 11.3 Å². The lowest BCUT2D eigenvalue weighted by molar-refractivity contribution is -0.126. The summed E-state index contributed by atoms with van der Waals surface area (Å²) in [7, 11) is 0. The minimum Gasteiger partial charge on any atom is -0.299 e. The van der Waals surface area contributed by atoms with E-state index < -0.39 is 0 Å². The summed E-state index contributed by atoms with van der Waals surface area (Å²) >= 11 is 1.63. The van der Waals surface area contributed by atoms with Crippen LogP contribution in [0.4, 0.5) is 0 Å². The van der Waals surface area contributed by atoms with Crippen LogP contribution in [-0.2, 0) is 4.79 Å². The Morgan fingerprint density at radius 3 is 2.29 bits per heavy atom. The van der Waals surface area contributed by atoms with Gasteiger partial charge in [-0.3, -0.25) is 9.52 Å². The topological polar surface area (TPSA) is 29.1 Å². The average Bonchev–Trinajstić information content (AvgIpc) is 2.14. The minimum atomic E-state index is -0.262. The van der Waals surface area contributed by atoms with Crippen LogP contribution in [0.3, 0.4) is 0 Å². The summed E-state index contributed by atoms with van der Waals surface area (Å²) in [4.78, 5) is 11.6. The van der Waals surface area contributed by atoms with Gasteiger partial charge in [0, 0.05) is 10.7 Å². The van der Waals surface area contributed by atoms with E-state index in [1.165, 1.54) is 32.1 Å². The van der Waals surface area contributed by atoms with Crippen molar-refractivity contribution >= 4 is 17.9 Å². The van der Waals surface area contributed by atoms with E-state index >= 15 is 0 Å². The number of carbonyl (C=O) groups is 1. The molecule has 0 aromatic carbocycles. The molecule has 14 heavy (non-hydrogen) atoms. The first-order valence-corrected chi connectivity index (χ1v) is 6.34. The first-order valence-electron chi connectivity index (χ1n) is 5.46. The molecule has 0 spiro atoms. The van der Waals surface area contributed by atoms with E-state index in [2.05, 4.69) is 4.72 Å². The fraction of sp³-hybridized carbons (Fsp3) is 0.909. The van der Waals surface area contributed by atoms with Gasteiger partial charge in [0.05, 0.1) is 0 Å². The summed E-state index contributed by atoms with van der Waals surface area (Å²) < 4.78 is 2.97. The molecule has 0 aromatic rings. The van der Waals surface area contributed by atoms with Crippen molar-refractivity contribution in [1.29, 1.82) is 0 Å². The standard InChI is InChI=1S/C11H21NOS/c1-11(2,3)10(13)12-14-9-7-5-4-6-8-9/h9H,4-8H2,1-3H3,(H,12,13). The minimum absolute atomic E-state index is 0.146. The lowest BCUT2D eigenvalue weighted by atomic mass is 9.96. The Bertz CT molecular complexity index is 192. The van der Waals surface area contributed by atoms with Gasteiger partial charge in [-0.2, -0.15) is 0 Å². The zero-order chi connectivity index (χ0) is 10.6. The SMILES string of the molecule is CC(C)(C)C(=O)NSC1CCCCC1. The molecular weight excluding hydrogens is 194 g/mol. The van der Waals surface area contributed by atoms with Gasteiger partial charge in [-0.05, 0) is 24.8 Å².